The number of fused-ring (bicyclic) bond motifs is 3. The van der Waals surface area contributed by atoms with Crippen LogP contribution < -0.4 is 0 Å². The zero-order chi connectivity index (χ0) is 12.7. The van der Waals surface area contributed by atoms with Gasteiger partial charge in [0.15, 0.2) is 6.29 Å². The lowest BCUT2D eigenvalue weighted by molar-refractivity contribution is 0.111. The molecule has 0 radical (unpaired) electrons. The van der Waals surface area contributed by atoms with E-state index in [1.54, 1.807) is 0 Å². The number of hydrogen-bond acceptors (Lipinski definition) is 2. The Hall–Kier alpha value is -2.16. The molecule has 0 aliphatic heterocycles. The van der Waals surface area contributed by atoms with Crippen molar-refractivity contribution in [2.45, 2.75) is 20.4 Å². The fourth-order valence-electron chi connectivity index (χ4n) is 2.68. The Kier molecular flexibility index (Phi) is 2.40. The number of aromatic nitrogens is 2. The maximum absolute atomic E-state index is 10.9. The minimum absolute atomic E-state index is 0.499. The molecule has 0 spiro atoms. The van der Waals surface area contributed by atoms with Gasteiger partial charge in [-0.05, 0) is 26.0 Å². The standard InChI is InChI=1S/C15H14N2O/c1-3-17-14-7-5-4-6-12(14)13-8-11(9-18)16-10(2)15(13)17/h4-9H,3H2,1-2H3. The highest BCUT2D eigenvalue weighted by molar-refractivity contribution is 6.09. The Morgan fingerprint density at radius 2 is 2.06 bits per heavy atom. The summed E-state index contributed by atoms with van der Waals surface area (Å²) in [5, 5.41) is 2.30. The van der Waals surface area contributed by atoms with Crippen LogP contribution in [0.3, 0.4) is 0 Å². The van der Waals surface area contributed by atoms with Gasteiger partial charge >= 0.3 is 0 Å². The molecule has 1 aromatic carbocycles. The summed E-state index contributed by atoms with van der Waals surface area (Å²) in [4.78, 5) is 15.3. The molecule has 3 heteroatoms. The van der Waals surface area contributed by atoms with Gasteiger partial charge in [0.1, 0.15) is 5.69 Å². The van der Waals surface area contributed by atoms with Crippen LogP contribution in [0.5, 0.6) is 0 Å². The van der Waals surface area contributed by atoms with Crippen molar-refractivity contribution in [3.63, 3.8) is 0 Å². The Bertz CT molecular complexity index is 756. The number of hydrogen-bond donors (Lipinski definition) is 0. The van der Waals surface area contributed by atoms with Crippen molar-refractivity contribution < 1.29 is 4.79 Å². The summed E-state index contributed by atoms with van der Waals surface area (Å²) >= 11 is 0. The minimum atomic E-state index is 0.499. The van der Waals surface area contributed by atoms with Crippen LogP contribution in [0.4, 0.5) is 0 Å². The van der Waals surface area contributed by atoms with Crippen LogP contribution in [-0.4, -0.2) is 15.8 Å². The third-order valence-corrected chi connectivity index (χ3v) is 3.38. The van der Waals surface area contributed by atoms with Crippen LogP contribution in [0, 0.1) is 6.92 Å². The molecule has 0 amide bonds. The van der Waals surface area contributed by atoms with Gasteiger partial charge in [-0.1, -0.05) is 18.2 Å². The first-order valence-corrected chi connectivity index (χ1v) is 6.10. The number of aldehydes is 1. The summed E-state index contributed by atoms with van der Waals surface area (Å²) in [7, 11) is 0. The summed E-state index contributed by atoms with van der Waals surface area (Å²) in [6, 6.07) is 10.1. The Labute approximate surface area is 105 Å². The van der Waals surface area contributed by atoms with Crippen molar-refractivity contribution in [2.75, 3.05) is 0 Å². The monoisotopic (exact) mass is 238 g/mol. The van der Waals surface area contributed by atoms with Crippen molar-refractivity contribution in [1.82, 2.24) is 9.55 Å². The molecule has 3 nitrogen and oxygen atoms in total. The maximum Gasteiger partial charge on any atom is 0.168 e. The summed E-state index contributed by atoms with van der Waals surface area (Å²) in [6.07, 6.45) is 0.810. The number of carbonyl (C=O) groups is 1. The molecular formula is C15H14N2O. The van der Waals surface area contributed by atoms with E-state index in [-0.39, 0.29) is 0 Å². The summed E-state index contributed by atoms with van der Waals surface area (Å²) in [6.45, 7) is 4.98. The van der Waals surface area contributed by atoms with Crippen molar-refractivity contribution in [3.05, 3.63) is 41.7 Å². The molecule has 3 aromatic rings. The normalized spacial score (nSPS) is 11.2. The Morgan fingerprint density at radius 3 is 2.78 bits per heavy atom. The van der Waals surface area contributed by atoms with Gasteiger partial charge in [0.2, 0.25) is 0 Å². The lowest BCUT2D eigenvalue weighted by Crippen LogP contribution is -1.98. The van der Waals surface area contributed by atoms with E-state index in [4.69, 9.17) is 0 Å². The predicted molar refractivity (Wildman–Crippen MR) is 73.0 cm³/mol. The molecular weight excluding hydrogens is 224 g/mol. The van der Waals surface area contributed by atoms with E-state index in [1.165, 1.54) is 10.9 Å². The number of para-hydroxylation sites is 1. The smallest absolute Gasteiger partial charge is 0.168 e. The third kappa shape index (κ3) is 1.37. The van der Waals surface area contributed by atoms with Gasteiger partial charge in [-0.15, -0.1) is 0 Å². The molecule has 0 aliphatic carbocycles. The molecule has 18 heavy (non-hydrogen) atoms. The fourth-order valence-corrected chi connectivity index (χ4v) is 2.68. The number of pyridine rings is 1. The first-order chi connectivity index (χ1) is 8.76. The van der Waals surface area contributed by atoms with Crippen molar-refractivity contribution in [1.29, 1.82) is 0 Å². The van der Waals surface area contributed by atoms with E-state index < -0.39 is 0 Å². The van der Waals surface area contributed by atoms with Crippen LogP contribution in [0.2, 0.25) is 0 Å². The lowest BCUT2D eigenvalue weighted by Gasteiger charge is -2.05. The van der Waals surface area contributed by atoms with E-state index in [0.717, 1.165) is 29.4 Å². The number of benzene rings is 1. The van der Waals surface area contributed by atoms with Crippen molar-refractivity contribution in [3.8, 4) is 0 Å². The van der Waals surface area contributed by atoms with E-state index >= 15 is 0 Å². The maximum atomic E-state index is 10.9. The Morgan fingerprint density at radius 1 is 1.28 bits per heavy atom. The molecule has 2 aromatic heterocycles. The fraction of sp³-hybridized carbons (Fsp3) is 0.200. The minimum Gasteiger partial charge on any atom is -0.339 e. The van der Waals surface area contributed by atoms with Crippen molar-refractivity contribution in [2.24, 2.45) is 0 Å². The summed E-state index contributed by atoms with van der Waals surface area (Å²) < 4.78 is 2.25. The summed E-state index contributed by atoms with van der Waals surface area (Å²) in [5.41, 5.74) is 3.74. The van der Waals surface area contributed by atoms with Gasteiger partial charge in [-0.3, -0.25) is 4.79 Å². The van der Waals surface area contributed by atoms with Crippen LogP contribution in [0.1, 0.15) is 23.1 Å². The average Bonchev–Trinajstić information content (AvgIpc) is 2.73. The molecule has 0 atom stereocenters. The first-order valence-electron chi connectivity index (χ1n) is 6.10. The first kappa shape index (κ1) is 11.0. The van der Waals surface area contributed by atoms with E-state index in [1.807, 2.05) is 25.1 Å². The van der Waals surface area contributed by atoms with Crippen LogP contribution in [0.15, 0.2) is 30.3 Å². The zero-order valence-electron chi connectivity index (χ0n) is 10.5. The lowest BCUT2D eigenvalue weighted by atomic mass is 10.1. The molecule has 0 unspecified atom stereocenters. The highest BCUT2D eigenvalue weighted by Gasteiger charge is 2.12. The second-order valence-corrected chi connectivity index (χ2v) is 4.41. The molecule has 0 aliphatic rings. The zero-order valence-corrected chi connectivity index (χ0v) is 10.5. The predicted octanol–water partition coefficient (Wildman–Crippen LogP) is 3.33. The molecule has 0 saturated heterocycles. The van der Waals surface area contributed by atoms with Gasteiger partial charge < -0.3 is 4.57 Å². The van der Waals surface area contributed by atoms with Crippen LogP contribution >= 0.6 is 0 Å². The average molecular weight is 238 g/mol. The molecule has 0 bridgehead atoms. The Balaban J connectivity index is 2.59. The molecule has 2 heterocycles. The number of carbonyl (C=O) groups excluding carboxylic acids is 1. The van der Waals surface area contributed by atoms with Gasteiger partial charge in [-0.25, -0.2) is 4.98 Å². The second-order valence-electron chi connectivity index (χ2n) is 4.41. The van der Waals surface area contributed by atoms with Gasteiger partial charge in [0, 0.05) is 22.8 Å². The number of aryl methyl sites for hydroxylation is 2. The molecule has 90 valence electrons. The van der Waals surface area contributed by atoms with Gasteiger partial charge in [0.25, 0.3) is 0 Å². The van der Waals surface area contributed by atoms with E-state index in [2.05, 4.69) is 28.6 Å². The largest absolute Gasteiger partial charge is 0.339 e. The second kappa shape index (κ2) is 3.95. The highest BCUT2D eigenvalue weighted by atomic mass is 16.1. The van der Waals surface area contributed by atoms with Gasteiger partial charge in [-0.2, -0.15) is 0 Å². The van der Waals surface area contributed by atoms with E-state index in [9.17, 15) is 4.79 Å². The molecule has 0 N–H and O–H groups in total. The summed E-state index contributed by atoms with van der Waals surface area (Å²) in [5.74, 6) is 0. The van der Waals surface area contributed by atoms with Crippen molar-refractivity contribution >= 4 is 28.1 Å². The molecule has 0 fully saturated rings. The highest BCUT2D eigenvalue weighted by Crippen LogP contribution is 2.30. The molecule has 0 saturated carbocycles. The quantitative estimate of drug-likeness (QED) is 0.642. The van der Waals surface area contributed by atoms with Crippen LogP contribution in [-0.2, 0) is 6.54 Å². The van der Waals surface area contributed by atoms with Gasteiger partial charge in [0.05, 0.1) is 11.2 Å². The third-order valence-electron chi connectivity index (χ3n) is 3.38. The van der Waals surface area contributed by atoms with E-state index in [0.29, 0.717) is 5.69 Å². The topological polar surface area (TPSA) is 34.9 Å². The number of nitrogens with zero attached hydrogens (tertiary/aromatic N) is 2. The molecule has 3 rings (SSSR count). The number of rotatable bonds is 2. The van der Waals surface area contributed by atoms with Crippen LogP contribution in [0.25, 0.3) is 21.8 Å². The SMILES string of the molecule is CCn1c2ccccc2c2cc(C=O)nc(C)c21.